The zero-order valence-electron chi connectivity index (χ0n) is 10.4. The van der Waals surface area contributed by atoms with Gasteiger partial charge in [0.05, 0.1) is 0 Å². The van der Waals surface area contributed by atoms with Crippen LogP contribution in [0.4, 0.5) is 4.39 Å². The van der Waals surface area contributed by atoms with Gasteiger partial charge in [-0.2, -0.15) is 4.31 Å². The van der Waals surface area contributed by atoms with Crippen molar-refractivity contribution in [1.29, 1.82) is 0 Å². The van der Waals surface area contributed by atoms with Crippen molar-refractivity contribution < 1.29 is 12.8 Å². The third kappa shape index (κ3) is 2.18. The lowest BCUT2D eigenvalue weighted by Crippen LogP contribution is -2.38. The second-order valence-corrected chi connectivity index (χ2v) is 7.43. The van der Waals surface area contributed by atoms with E-state index < -0.39 is 15.8 Å². The molecule has 0 aromatic heterocycles. The van der Waals surface area contributed by atoms with Gasteiger partial charge in [-0.1, -0.05) is 6.07 Å². The smallest absolute Gasteiger partial charge is 0.207 e. The Hall–Kier alpha value is -0.650. The highest BCUT2D eigenvalue weighted by Gasteiger charge is 2.44. The molecular formula is C13H15ClFNO2S. The van der Waals surface area contributed by atoms with E-state index in [1.54, 1.807) is 0 Å². The molecular weight excluding hydrogens is 289 g/mol. The van der Waals surface area contributed by atoms with Crippen LogP contribution in [0.25, 0.3) is 0 Å². The van der Waals surface area contributed by atoms with Crippen molar-refractivity contribution in [3.63, 3.8) is 0 Å². The van der Waals surface area contributed by atoms with Crippen molar-refractivity contribution in [2.75, 3.05) is 6.54 Å². The molecule has 104 valence electrons. The maximum Gasteiger partial charge on any atom is 0.246 e. The number of rotatable bonds is 3. The molecule has 2 bridgehead atoms. The lowest BCUT2D eigenvalue weighted by molar-refractivity contribution is 0.332. The van der Waals surface area contributed by atoms with E-state index in [0.29, 0.717) is 18.0 Å². The summed E-state index contributed by atoms with van der Waals surface area (Å²) in [4.78, 5) is -0.238. The minimum atomic E-state index is -3.73. The lowest BCUT2D eigenvalue weighted by atomic mass is 10.1. The van der Waals surface area contributed by atoms with Gasteiger partial charge in [-0.15, -0.1) is 11.6 Å². The normalized spacial score (nSPS) is 27.1. The van der Waals surface area contributed by atoms with Crippen LogP contribution in [0.15, 0.2) is 23.1 Å². The first-order valence-corrected chi connectivity index (χ1v) is 8.36. The fourth-order valence-electron chi connectivity index (χ4n) is 3.13. The van der Waals surface area contributed by atoms with E-state index in [2.05, 4.69) is 0 Å². The Morgan fingerprint density at radius 2 is 2.16 bits per heavy atom. The Bertz CT molecular complexity index is 605. The van der Waals surface area contributed by atoms with Crippen LogP contribution in [0, 0.1) is 11.7 Å². The summed E-state index contributed by atoms with van der Waals surface area (Å²) in [5, 5.41) is 0. The van der Waals surface area contributed by atoms with Gasteiger partial charge in [0.2, 0.25) is 10.0 Å². The maximum absolute atomic E-state index is 13.8. The topological polar surface area (TPSA) is 37.4 Å². The van der Waals surface area contributed by atoms with Crippen LogP contribution >= 0.6 is 11.6 Å². The lowest BCUT2D eigenvalue weighted by Gasteiger charge is -2.26. The van der Waals surface area contributed by atoms with E-state index >= 15 is 0 Å². The number of nitrogens with zero attached hydrogens (tertiary/aromatic N) is 1. The SMILES string of the molecule is O=S(=O)(c1cc(CCl)ccc1F)N1CC2CCC1C2. The van der Waals surface area contributed by atoms with E-state index in [4.69, 9.17) is 11.6 Å². The average Bonchev–Trinajstić information content (AvgIpc) is 3.01. The largest absolute Gasteiger partial charge is 0.246 e. The predicted octanol–water partition coefficient (Wildman–Crippen LogP) is 2.74. The molecule has 1 aliphatic heterocycles. The molecule has 2 fully saturated rings. The summed E-state index contributed by atoms with van der Waals surface area (Å²) in [6, 6.07) is 4.09. The fraction of sp³-hybridized carbons (Fsp3) is 0.538. The molecule has 1 aliphatic carbocycles. The highest BCUT2D eigenvalue weighted by Crippen LogP contribution is 2.40. The molecule has 0 amide bonds. The number of fused-ring (bicyclic) bond motifs is 2. The summed E-state index contributed by atoms with van der Waals surface area (Å²) in [6.45, 7) is 0.525. The first-order chi connectivity index (χ1) is 9.02. The van der Waals surface area contributed by atoms with Crippen LogP contribution in [-0.4, -0.2) is 25.3 Å². The van der Waals surface area contributed by atoms with Crippen molar-refractivity contribution in [3.05, 3.63) is 29.6 Å². The van der Waals surface area contributed by atoms with E-state index in [0.717, 1.165) is 19.3 Å². The van der Waals surface area contributed by atoms with Crippen LogP contribution in [0.2, 0.25) is 0 Å². The van der Waals surface area contributed by atoms with Crippen molar-refractivity contribution in [1.82, 2.24) is 4.31 Å². The number of sulfonamides is 1. The standard InChI is InChI=1S/C13H15ClFNO2S/c14-7-9-2-4-12(15)13(6-9)19(17,18)16-8-10-1-3-11(16)5-10/h2,4,6,10-11H,1,3,5,7-8H2. The van der Waals surface area contributed by atoms with E-state index in [1.165, 1.54) is 22.5 Å². The van der Waals surface area contributed by atoms with Gasteiger partial charge >= 0.3 is 0 Å². The minimum absolute atomic E-state index is 0.0501. The number of halogens is 2. The van der Waals surface area contributed by atoms with Crippen molar-refractivity contribution >= 4 is 21.6 Å². The highest BCUT2D eigenvalue weighted by atomic mass is 35.5. The summed E-state index contributed by atoms with van der Waals surface area (Å²) in [6.07, 6.45) is 2.89. The third-order valence-electron chi connectivity index (χ3n) is 4.10. The van der Waals surface area contributed by atoms with Crippen molar-refractivity contribution in [3.8, 4) is 0 Å². The van der Waals surface area contributed by atoms with Crippen molar-refractivity contribution in [2.45, 2.75) is 36.1 Å². The third-order valence-corrected chi connectivity index (χ3v) is 6.34. The predicted molar refractivity (Wildman–Crippen MR) is 71.0 cm³/mol. The summed E-state index contributed by atoms with van der Waals surface area (Å²) in [5.41, 5.74) is 0.617. The Kier molecular flexibility index (Phi) is 3.31. The van der Waals surface area contributed by atoms with Crippen LogP contribution in [0.3, 0.4) is 0 Å². The molecule has 0 spiro atoms. The van der Waals surface area contributed by atoms with E-state index in [1.807, 2.05) is 0 Å². The van der Waals surface area contributed by atoms with Gasteiger partial charge in [0.15, 0.2) is 0 Å². The number of benzene rings is 1. The van der Waals surface area contributed by atoms with Gasteiger partial charge in [-0.05, 0) is 42.9 Å². The van der Waals surface area contributed by atoms with Crippen LogP contribution < -0.4 is 0 Å². The van der Waals surface area contributed by atoms with Crippen LogP contribution in [0.1, 0.15) is 24.8 Å². The van der Waals surface area contributed by atoms with E-state index in [-0.39, 0.29) is 16.8 Å². The summed E-state index contributed by atoms with van der Waals surface area (Å²) < 4.78 is 40.4. The molecule has 0 radical (unpaired) electrons. The van der Waals surface area contributed by atoms with Gasteiger partial charge in [0.1, 0.15) is 10.7 Å². The second-order valence-electron chi connectivity index (χ2n) is 5.31. The quantitative estimate of drug-likeness (QED) is 0.805. The molecule has 1 heterocycles. The summed E-state index contributed by atoms with van der Waals surface area (Å²) >= 11 is 5.69. The Labute approximate surface area is 117 Å². The molecule has 19 heavy (non-hydrogen) atoms. The Morgan fingerprint density at radius 3 is 2.74 bits per heavy atom. The van der Waals surface area contributed by atoms with Gasteiger partial charge < -0.3 is 0 Å². The molecule has 2 unspecified atom stereocenters. The monoisotopic (exact) mass is 303 g/mol. The number of alkyl halides is 1. The number of hydrogen-bond donors (Lipinski definition) is 0. The molecule has 2 aliphatic rings. The number of piperidine rings is 1. The minimum Gasteiger partial charge on any atom is -0.207 e. The molecule has 1 saturated heterocycles. The zero-order valence-corrected chi connectivity index (χ0v) is 11.9. The zero-order chi connectivity index (χ0) is 13.6. The van der Waals surface area contributed by atoms with Crippen molar-refractivity contribution in [2.24, 2.45) is 5.92 Å². The average molecular weight is 304 g/mol. The summed E-state index contributed by atoms with van der Waals surface area (Å²) in [5.74, 6) is -0.0785. The Morgan fingerprint density at radius 1 is 1.37 bits per heavy atom. The molecule has 1 aromatic carbocycles. The molecule has 0 N–H and O–H groups in total. The molecule has 2 atom stereocenters. The van der Waals surface area contributed by atoms with Crippen LogP contribution in [-0.2, 0) is 15.9 Å². The van der Waals surface area contributed by atoms with Gasteiger partial charge in [-0.25, -0.2) is 12.8 Å². The molecule has 1 aromatic rings. The van der Waals surface area contributed by atoms with E-state index in [9.17, 15) is 12.8 Å². The molecule has 1 saturated carbocycles. The first kappa shape index (κ1) is 13.3. The fourth-order valence-corrected chi connectivity index (χ4v) is 5.15. The molecule has 3 rings (SSSR count). The Balaban J connectivity index is 2.00. The number of hydrogen-bond acceptors (Lipinski definition) is 2. The molecule has 3 nitrogen and oxygen atoms in total. The summed E-state index contributed by atoms with van der Waals surface area (Å²) in [7, 11) is -3.73. The van der Waals surface area contributed by atoms with Crippen LogP contribution in [0.5, 0.6) is 0 Å². The maximum atomic E-state index is 13.8. The molecule has 6 heteroatoms. The second kappa shape index (κ2) is 4.72. The van der Waals surface area contributed by atoms with Gasteiger partial charge in [0.25, 0.3) is 0 Å². The highest BCUT2D eigenvalue weighted by molar-refractivity contribution is 7.89. The van der Waals surface area contributed by atoms with Gasteiger partial charge in [0, 0.05) is 18.5 Å². The first-order valence-electron chi connectivity index (χ1n) is 6.38. The van der Waals surface area contributed by atoms with Gasteiger partial charge in [-0.3, -0.25) is 0 Å².